The summed E-state index contributed by atoms with van der Waals surface area (Å²) < 4.78 is 0. The van der Waals surface area contributed by atoms with Gasteiger partial charge in [0, 0.05) is 18.7 Å². The molecule has 1 aromatic rings. The largest absolute Gasteiger partial charge is 0.504 e. The molecule has 0 unspecified atom stereocenters. The number of amides is 1. The maximum absolute atomic E-state index is 12.3. The van der Waals surface area contributed by atoms with E-state index in [9.17, 15) is 15.0 Å². The molecule has 0 aromatic heterocycles. The van der Waals surface area contributed by atoms with Gasteiger partial charge in [-0.2, -0.15) is 0 Å². The number of carbonyl (C=O) groups is 1. The number of nitrogens with zero attached hydrogens (tertiary/aromatic N) is 1. The average Bonchev–Trinajstić information content (AvgIpc) is 2.36. The van der Waals surface area contributed by atoms with Crippen molar-refractivity contribution in [1.82, 2.24) is 4.90 Å². The zero-order valence-electron chi connectivity index (χ0n) is 11.5. The molecule has 5 nitrogen and oxygen atoms in total. The maximum Gasteiger partial charge on any atom is 0.254 e. The lowest BCUT2D eigenvalue weighted by atomic mass is 10.1. The number of rotatable bonds is 6. The molecule has 0 aliphatic rings. The van der Waals surface area contributed by atoms with Crippen molar-refractivity contribution in [3.63, 3.8) is 0 Å². The zero-order valence-corrected chi connectivity index (χ0v) is 11.5. The number of hydrogen-bond donors (Lipinski definition) is 3. The predicted molar refractivity (Wildman–Crippen MR) is 74.2 cm³/mol. The van der Waals surface area contributed by atoms with Gasteiger partial charge < -0.3 is 20.8 Å². The molecule has 0 bridgehead atoms. The monoisotopic (exact) mass is 266 g/mol. The number of phenols is 2. The van der Waals surface area contributed by atoms with Gasteiger partial charge in [0.25, 0.3) is 5.91 Å². The SMILES string of the molecule is CC(C)CN(CCCN)C(=O)c1ccc(O)c(O)c1. The van der Waals surface area contributed by atoms with Crippen LogP contribution < -0.4 is 5.73 Å². The molecular formula is C14H22N2O3. The summed E-state index contributed by atoms with van der Waals surface area (Å²) in [5.41, 5.74) is 5.85. The summed E-state index contributed by atoms with van der Waals surface area (Å²) in [6.07, 6.45) is 0.739. The molecule has 0 saturated heterocycles. The van der Waals surface area contributed by atoms with Crippen molar-refractivity contribution in [2.75, 3.05) is 19.6 Å². The van der Waals surface area contributed by atoms with Crippen LogP contribution in [0, 0.1) is 5.92 Å². The first kappa shape index (κ1) is 15.3. The van der Waals surface area contributed by atoms with E-state index in [0.717, 1.165) is 6.42 Å². The summed E-state index contributed by atoms with van der Waals surface area (Å²) >= 11 is 0. The summed E-state index contributed by atoms with van der Waals surface area (Å²) in [4.78, 5) is 14.1. The van der Waals surface area contributed by atoms with Crippen LogP contribution in [0.5, 0.6) is 11.5 Å². The molecule has 0 spiro atoms. The molecule has 1 amide bonds. The molecule has 1 aromatic carbocycles. The van der Waals surface area contributed by atoms with E-state index in [-0.39, 0.29) is 17.4 Å². The first-order valence-corrected chi connectivity index (χ1v) is 6.47. The van der Waals surface area contributed by atoms with Crippen LogP contribution in [-0.2, 0) is 0 Å². The number of phenolic OH excluding ortho intramolecular Hbond substituents is 2. The molecule has 0 aliphatic carbocycles. The second-order valence-electron chi connectivity index (χ2n) is 4.99. The Morgan fingerprint density at radius 2 is 2.00 bits per heavy atom. The van der Waals surface area contributed by atoms with Gasteiger partial charge in [0.1, 0.15) is 0 Å². The minimum Gasteiger partial charge on any atom is -0.504 e. The van der Waals surface area contributed by atoms with E-state index < -0.39 is 0 Å². The molecule has 0 atom stereocenters. The van der Waals surface area contributed by atoms with Crippen molar-refractivity contribution in [2.45, 2.75) is 20.3 Å². The summed E-state index contributed by atoms with van der Waals surface area (Å²) in [5, 5.41) is 18.7. The van der Waals surface area contributed by atoms with Gasteiger partial charge >= 0.3 is 0 Å². The Balaban J connectivity index is 2.87. The van der Waals surface area contributed by atoms with Gasteiger partial charge in [0.05, 0.1) is 0 Å². The molecule has 106 valence electrons. The molecule has 0 heterocycles. The molecule has 0 saturated carbocycles. The highest BCUT2D eigenvalue weighted by Gasteiger charge is 2.17. The van der Waals surface area contributed by atoms with Gasteiger partial charge in [-0.3, -0.25) is 4.79 Å². The molecule has 0 fully saturated rings. The standard InChI is InChI=1S/C14H22N2O3/c1-10(2)9-16(7-3-6-15)14(19)11-4-5-12(17)13(18)8-11/h4-5,8,10,17-18H,3,6-7,9,15H2,1-2H3. The highest BCUT2D eigenvalue weighted by atomic mass is 16.3. The molecular weight excluding hydrogens is 244 g/mol. The Kier molecular flexibility index (Phi) is 5.63. The highest BCUT2D eigenvalue weighted by Crippen LogP contribution is 2.25. The fourth-order valence-corrected chi connectivity index (χ4v) is 1.84. The molecule has 0 radical (unpaired) electrons. The van der Waals surface area contributed by atoms with Crippen molar-refractivity contribution in [3.05, 3.63) is 23.8 Å². The van der Waals surface area contributed by atoms with E-state index in [4.69, 9.17) is 5.73 Å². The fraction of sp³-hybridized carbons (Fsp3) is 0.500. The Hall–Kier alpha value is -1.75. The van der Waals surface area contributed by atoms with Crippen LogP contribution in [0.1, 0.15) is 30.6 Å². The van der Waals surface area contributed by atoms with Crippen LogP contribution in [0.3, 0.4) is 0 Å². The number of nitrogens with two attached hydrogens (primary N) is 1. The second kappa shape index (κ2) is 6.99. The first-order valence-electron chi connectivity index (χ1n) is 6.47. The molecule has 0 aliphatic heterocycles. The van der Waals surface area contributed by atoms with Crippen LogP contribution in [0.2, 0.25) is 0 Å². The minimum atomic E-state index is -0.283. The lowest BCUT2D eigenvalue weighted by molar-refractivity contribution is 0.0734. The normalized spacial score (nSPS) is 10.7. The quantitative estimate of drug-likeness (QED) is 0.682. The molecule has 5 heteroatoms. The average molecular weight is 266 g/mol. The van der Waals surface area contributed by atoms with E-state index >= 15 is 0 Å². The Morgan fingerprint density at radius 3 is 2.53 bits per heavy atom. The van der Waals surface area contributed by atoms with Crippen LogP contribution in [0.4, 0.5) is 0 Å². The molecule has 1 rings (SSSR count). The maximum atomic E-state index is 12.3. The number of aromatic hydroxyl groups is 2. The second-order valence-corrected chi connectivity index (χ2v) is 4.99. The van der Waals surface area contributed by atoms with Gasteiger partial charge in [-0.15, -0.1) is 0 Å². The minimum absolute atomic E-state index is 0.155. The number of carbonyl (C=O) groups excluding carboxylic acids is 1. The first-order chi connectivity index (χ1) is 8.95. The van der Waals surface area contributed by atoms with E-state index in [2.05, 4.69) is 0 Å². The van der Waals surface area contributed by atoms with Crippen molar-refractivity contribution < 1.29 is 15.0 Å². The zero-order chi connectivity index (χ0) is 14.4. The van der Waals surface area contributed by atoms with Gasteiger partial charge in [-0.05, 0) is 37.1 Å². The van der Waals surface area contributed by atoms with Crippen molar-refractivity contribution in [2.24, 2.45) is 11.7 Å². The third kappa shape index (κ3) is 4.44. The lowest BCUT2D eigenvalue weighted by Gasteiger charge is -2.24. The van der Waals surface area contributed by atoms with Crippen LogP contribution in [-0.4, -0.2) is 40.7 Å². The van der Waals surface area contributed by atoms with Crippen molar-refractivity contribution >= 4 is 5.91 Å². The number of benzene rings is 1. The third-order valence-corrected chi connectivity index (χ3v) is 2.73. The summed E-state index contributed by atoms with van der Waals surface area (Å²) in [6.45, 7) is 5.84. The highest BCUT2D eigenvalue weighted by molar-refractivity contribution is 5.94. The lowest BCUT2D eigenvalue weighted by Crippen LogP contribution is -2.35. The molecule has 19 heavy (non-hydrogen) atoms. The Labute approximate surface area is 113 Å². The van der Waals surface area contributed by atoms with E-state index in [1.54, 1.807) is 4.90 Å². The van der Waals surface area contributed by atoms with Crippen LogP contribution in [0.25, 0.3) is 0 Å². The predicted octanol–water partition coefficient (Wildman–Crippen LogP) is 1.54. The summed E-state index contributed by atoms with van der Waals surface area (Å²) in [5.74, 6) is -0.312. The number of hydrogen-bond acceptors (Lipinski definition) is 4. The third-order valence-electron chi connectivity index (χ3n) is 2.73. The van der Waals surface area contributed by atoms with Gasteiger partial charge in [-0.1, -0.05) is 13.8 Å². The van der Waals surface area contributed by atoms with E-state index in [1.165, 1.54) is 18.2 Å². The van der Waals surface area contributed by atoms with E-state index in [1.807, 2.05) is 13.8 Å². The van der Waals surface area contributed by atoms with Crippen molar-refractivity contribution in [1.29, 1.82) is 0 Å². The van der Waals surface area contributed by atoms with Crippen molar-refractivity contribution in [3.8, 4) is 11.5 Å². The Morgan fingerprint density at radius 1 is 1.32 bits per heavy atom. The van der Waals surface area contributed by atoms with Gasteiger partial charge in [-0.25, -0.2) is 0 Å². The van der Waals surface area contributed by atoms with Gasteiger partial charge in [0.15, 0.2) is 11.5 Å². The van der Waals surface area contributed by atoms with Crippen LogP contribution in [0.15, 0.2) is 18.2 Å². The fourth-order valence-electron chi connectivity index (χ4n) is 1.84. The molecule has 4 N–H and O–H groups in total. The topological polar surface area (TPSA) is 86.8 Å². The summed E-state index contributed by atoms with van der Waals surface area (Å²) in [7, 11) is 0. The van der Waals surface area contributed by atoms with Crippen LogP contribution >= 0.6 is 0 Å². The smallest absolute Gasteiger partial charge is 0.254 e. The Bertz CT molecular complexity index is 433. The van der Waals surface area contributed by atoms with Gasteiger partial charge in [0.2, 0.25) is 0 Å². The summed E-state index contributed by atoms with van der Waals surface area (Å²) in [6, 6.07) is 4.11. The van der Waals surface area contributed by atoms with E-state index in [0.29, 0.717) is 31.1 Å².